The van der Waals surface area contributed by atoms with Gasteiger partial charge in [0.15, 0.2) is 0 Å². The van der Waals surface area contributed by atoms with Gasteiger partial charge in [-0.1, -0.05) is 6.92 Å². The van der Waals surface area contributed by atoms with Crippen LogP contribution in [0.25, 0.3) is 0 Å². The van der Waals surface area contributed by atoms with Crippen LogP contribution in [0.5, 0.6) is 0 Å². The highest BCUT2D eigenvalue weighted by molar-refractivity contribution is 5.78. The molecule has 0 saturated carbocycles. The Hall–Kier alpha value is -0.610. The van der Waals surface area contributed by atoms with Crippen LogP contribution in [-0.4, -0.2) is 61.0 Å². The third-order valence-corrected chi connectivity index (χ3v) is 5.53. The van der Waals surface area contributed by atoms with Gasteiger partial charge in [-0.3, -0.25) is 9.69 Å². The van der Waals surface area contributed by atoms with Crippen molar-refractivity contribution in [3.05, 3.63) is 0 Å². The maximum atomic E-state index is 12.4. The van der Waals surface area contributed by atoms with E-state index in [1.165, 1.54) is 12.8 Å². The lowest BCUT2D eigenvalue weighted by Gasteiger charge is -2.32. The van der Waals surface area contributed by atoms with Gasteiger partial charge >= 0.3 is 0 Å². The normalized spacial score (nSPS) is 36.7. The van der Waals surface area contributed by atoms with E-state index >= 15 is 0 Å². The molecule has 3 heterocycles. The van der Waals surface area contributed by atoms with Crippen LogP contribution >= 0.6 is 0 Å². The molecule has 0 bridgehead atoms. The number of likely N-dealkylation sites (tertiary alicyclic amines) is 2. The smallest absolute Gasteiger partial charge is 0.236 e. The van der Waals surface area contributed by atoms with E-state index in [0.717, 1.165) is 50.5 Å². The van der Waals surface area contributed by atoms with E-state index < -0.39 is 0 Å². The summed E-state index contributed by atoms with van der Waals surface area (Å²) in [6, 6.07) is 0.563. The summed E-state index contributed by atoms with van der Waals surface area (Å²) >= 11 is 0. The van der Waals surface area contributed by atoms with Gasteiger partial charge in [0, 0.05) is 25.7 Å². The van der Waals surface area contributed by atoms with Crippen molar-refractivity contribution in [2.75, 3.05) is 39.3 Å². The first-order valence-corrected chi connectivity index (χ1v) is 7.87. The van der Waals surface area contributed by atoms with Gasteiger partial charge in [-0.15, -0.1) is 0 Å². The number of carbonyl (C=O) groups excluding carboxylic acids is 1. The lowest BCUT2D eigenvalue weighted by molar-refractivity contribution is -0.134. The van der Waals surface area contributed by atoms with Gasteiger partial charge < -0.3 is 10.2 Å². The van der Waals surface area contributed by atoms with E-state index in [0.29, 0.717) is 18.5 Å². The topological polar surface area (TPSA) is 35.6 Å². The predicted octanol–water partition coefficient (Wildman–Crippen LogP) is 0.785. The summed E-state index contributed by atoms with van der Waals surface area (Å²) in [6.45, 7) is 10.5. The molecule has 4 nitrogen and oxygen atoms in total. The highest BCUT2D eigenvalue weighted by Crippen LogP contribution is 2.32. The minimum absolute atomic E-state index is 0.353. The molecule has 0 aromatic carbocycles. The molecule has 0 spiro atoms. The van der Waals surface area contributed by atoms with Crippen LogP contribution in [0.2, 0.25) is 0 Å². The maximum absolute atomic E-state index is 12.4. The summed E-state index contributed by atoms with van der Waals surface area (Å²) in [5.74, 6) is 2.67. The standard InChI is InChI=1S/C15H27N3O/c1-11-3-5-17(6-4-11)15(19)10-18-9-13-7-16-8-14(13)12(18)2/h11-14,16H,3-10H2,1-2H3. The summed E-state index contributed by atoms with van der Waals surface area (Å²) in [5.41, 5.74) is 0. The van der Waals surface area contributed by atoms with Gasteiger partial charge in [-0.25, -0.2) is 0 Å². The first-order valence-electron chi connectivity index (χ1n) is 7.87. The van der Waals surface area contributed by atoms with Crippen molar-refractivity contribution >= 4 is 5.91 Å². The number of hydrogen-bond acceptors (Lipinski definition) is 3. The number of piperidine rings is 1. The molecule has 19 heavy (non-hydrogen) atoms. The lowest BCUT2D eigenvalue weighted by Crippen LogP contribution is -2.45. The van der Waals surface area contributed by atoms with E-state index in [4.69, 9.17) is 0 Å². The number of nitrogens with zero attached hydrogens (tertiary/aromatic N) is 2. The summed E-state index contributed by atoms with van der Waals surface area (Å²) in [7, 11) is 0. The second kappa shape index (κ2) is 5.41. The van der Waals surface area contributed by atoms with Crippen LogP contribution in [0.15, 0.2) is 0 Å². The quantitative estimate of drug-likeness (QED) is 0.801. The second-order valence-electron chi connectivity index (χ2n) is 6.82. The van der Waals surface area contributed by atoms with Crippen LogP contribution in [0, 0.1) is 17.8 Å². The van der Waals surface area contributed by atoms with Crippen LogP contribution in [0.1, 0.15) is 26.7 Å². The number of nitrogens with one attached hydrogen (secondary N) is 1. The molecule has 3 unspecified atom stereocenters. The third kappa shape index (κ3) is 2.65. The summed E-state index contributed by atoms with van der Waals surface area (Å²) in [4.78, 5) is 16.9. The summed E-state index contributed by atoms with van der Waals surface area (Å²) < 4.78 is 0. The Kier molecular flexibility index (Phi) is 3.81. The number of rotatable bonds is 2. The number of amides is 1. The van der Waals surface area contributed by atoms with E-state index in [9.17, 15) is 4.79 Å². The van der Waals surface area contributed by atoms with Crippen LogP contribution in [0.3, 0.4) is 0 Å². The first kappa shape index (κ1) is 13.4. The minimum Gasteiger partial charge on any atom is -0.342 e. The molecule has 0 aromatic heterocycles. The van der Waals surface area contributed by atoms with E-state index in [2.05, 4.69) is 29.0 Å². The van der Waals surface area contributed by atoms with E-state index in [1.807, 2.05) is 0 Å². The zero-order chi connectivity index (χ0) is 13.4. The highest BCUT2D eigenvalue weighted by atomic mass is 16.2. The van der Waals surface area contributed by atoms with E-state index in [-0.39, 0.29) is 0 Å². The number of fused-ring (bicyclic) bond motifs is 1. The van der Waals surface area contributed by atoms with E-state index in [1.54, 1.807) is 0 Å². The molecule has 3 rings (SSSR count). The molecule has 0 aromatic rings. The molecule has 108 valence electrons. The zero-order valence-electron chi connectivity index (χ0n) is 12.3. The monoisotopic (exact) mass is 265 g/mol. The Labute approximate surface area is 116 Å². The van der Waals surface area contributed by atoms with Crippen molar-refractivity contribution in [3.8, 4) is 0 Å². The van der Waals surface area contributed by atoms with Gasteiger partial charge in [-0.05, 0) is 50.6 Å². The Balaban J connectivity index is 1.52. The Morgan fingerprint density at radius 2 is 1.95 bits per heavy atom. The van der Waals surface area contributed by atoms with Crippen molar-refractivity contribution in [1.82, 2.24) is 15.1 Å². The zero-order valence-corrected chi connectivity index (χ0v) is 12.3. The fraction of sp³-hybridized carbons (Fsp3) is 0.933. The number of hydrogen-bond donors (Lipinski definition) is 1. The molecule has 3 aliphatic heterocycles. The second-order valence-corrected chi connectivity index (χ2v) is 6.82. The average Bonchev–Trinajstić information content (AvgIpc) is 2.95. The Bertz CT molecular complexity index is 338. The molecule has 0 radical (unpaired) electrons. The fourth-order valence-corrected chi connectivity index (χ4v) is 4.00. The summed E-state index contributed by atoms with van der Waals surface area (Å²) in [6.07, 6.45) is 2.35. The van der Waals surface area contributed by atoms with Crippen LogP contribution < -0.4 is 5.32 Å². The van der Waals surface area contributed by atoms with Crippen molar-refractivity contribution in [2.24, 2.45) is 17.8 Å². The first-order chi connectivity index (χ1) is 9.15. The molecule has 3 atom stereocenters. The third-order valence-electron chi connectivity index (χ3n) is 5.53. The molecule has 3 fully saturated rings. The largest absolute Gasteiger partial charge is 0.342 e. The fourth-order valence-electron chi connectivity index (χ4n) is 4.00. The lowest BCUT2D eigenvalue weighted by atomic mass is 9.95. The maximum Gasteiger partial charge on any atom is 0.236 e. The Morgan fingerprint density at radius 1 is 1.21 bits per heavy atom. The molecule has 3 saturated heterocycles. The highest BCUT2D eigenvalue weighted by Gasteiger charge is 2.42. The SMILES string of the molecule is CC1CCN(C(=O)CN2CC3CNCC3C2C)CC1. The Morgan fingerprint density at radius 3 is 2.63 bits per heavy atom. The van der Waals surface area contributed by atoms with Crippen molar-refractivity contribution in [3.63, 3.8) is 0 Å². The molecule has 1 N–H and O–H groups in total. The van der Waals surface area contributed by atoms with Crippen LogP contribution in [0.4, 0.5) is 0 Å². The van der Waals surface area contributed by atoms with Gasteiger partial charge in [0.2, 0.25) is 5.91 Å². The average molecular weight is 265 g/mol. The molecule has 3 aliphatic rings. The predicted molar refractivity (Wildman–Crippen MR) is 75.9 cm³/mol. The summed E-state index contributed by atoms with van der Waals surface area (Å²) in [5, 5.41) is 3.47. The van der Waals surface area contributed by atoms with Gasteiger partial charge in [-0.2, -0.15) is 0 Å². The number of carbonyl (C=O) groups is 1. The molecule has 0 aliphatic carbocycles. The van der Waals surface area contributed by atoms with Crippen molar-refractivity contribution < 1.29 is 4.79 Å². The molecule has 1 amide bonds. The molecular weight excluding hydrogens is 238 g/mol. The van der Waals surface area contributed by atoms with Crippen molar-refractivity contribution in [2.45, 2.75) is 32.7 Å². The molecule has 4 heteroatoms. The minimum atomic E-state index is 0.353. The van der Waals surface area contributed by atoms with Gasteiger partial charge in [0.1, 0.15) is 0 Å². The van der Waals surface area contributed by atoms with Gasteiger partial charge in [0.05, 0.1) is 6.54 Å². The molecular formula is C15H27N3O. The van der Waals surface area contributed by atoms with Crippen molar-refractivity contribution in [1.29, 1.82) is 0 Å². The van der Waals surface area contributed by atoms with Crippen LogP contribution in [-0.2, 0) is 4.79 Å². The van der Waals surface area contributed by atoms with Gasteiger partial charge in [0.25, 0.3) is 0 Å².